The van der Waals surface area contributed by atoms with Crippen LogP contribution in [0.1, 0.15) is 71.9 Å². The van der Waals surface area contributed by atoms with E-state index in [0.29, 0.717) is 11.8 Å². The number of thioether (sulfide) groups is 1. The molecule has 26 heavy (non-hydrogen) atoms. The fourth-order valence-corrected chi connectivity index (χ4v) is 4.38. The highest BCUT2D eigenvalue weighted by Gasteiger charge is 2.26. The molecule has 142 valence electrons. The monoisotopic (exact) mass is 373 g/mol. The van der Waals surface area contributed by atoms with E-state index in [1.165, 1.54) is 31.2 Å². The molecular weight excluding hydrogens is 342 g/mol. The largest absolute Gasteiger partial charge is 0.390 e. The molecule has 1 fully saturated rings. The second-order valence-electron chi connectivity index (χ2n) is 9.04. The zero-order chi connectivity index (χ0) is 18.9. The molecule has 0 saturated heterocycles. The van der Waals surface area contributed by atoms with Gasteiger partial charge in [0.15, 0.2) is 11.0 Å². The van der Waals surface area contributed by atoms with Crippen LogP contribution in [0.3, 0.4) is 0 Å². The average Bonchev–Trinajstić information content (AvgIpc) is 3.20. The van der Waals surface area contributed by atoms with E-state index in [2.05, 4.69) is 59.8 Å². The SMILES string of the molecule is CC(C)(O)CSc1nnc(-c2ccc(C(C)(C)C)cc2)n1C1CCCC1. The summed E-state index contributed by atoms with van der Waals surface area (Å²) in [6, 6.07) is 9.20. The number of aliphatic hydroxyl groups is 1. The van der Waals surface area contributed by atoms with Crippen LogP contribution in [0.2, 0.25) is 0 Å². The molecule has 1 N–H and O–H groups in total. The first-order chi connectivity index (χ1) is 12.1. The van der Waals surface area contributed by atoms with E-state index >= 15 is 0 Å². The first kappa shape index (κ1) is 19.4. The van der Waals surface area contributed by atoms with Gasteiger partial charge in [-0.2, -0.15) is 0 Å². The maximum absolute atomic E-state index is 10.1. The van der Waals surface area contributed by atoms with E-state index in [-0.39, 0.29) is 5.41 Å². The van der Waals surface area contributed by atoms with Gasteiger partial charge in [-0.15, -0.1) is 10.2 Å². The van der Waals surface area contributed by atoms with Crippen molar-refractivity contribution in [1.82, 2.24) is 14.8 Å². The van der Waals surface area contributed by atoms with Gasteiger partial charge in [0.25, 0.3) is 0 Å². The number of hydrogen-bond acceptors (Lipinski definition) is 4. The summed E-state index contributed by atoms with van der Waals surface area (Å²) in [6.07, 6.45) is 4.89. The van der Waals surface area contributed by atoms with E-state index < -0.39 is 5.60 Å². The minimum atomic E-state index is -0.717. The van der Waals surface area contributed by atoms with Crippen molar-refractivity contribution in [2.45, 2.75) is 82.5 Å². The highest BCUT2D eigenvalue weighted by Crippen LogP contribution is 2.37. The Morgan fingerprint density at radius 2 is 1.65 bits per heavy atom. The van der Waals surface area contributed by atoms with Crippen LogP contribution in [-0.4, -0.2) is 31.2 Å². The molecule has 0 amide bonds. The Hall–Kier alpha value is -1.33. The predicted octanol–water partition coefficient (Wildman–Crippen LogP) is 5.22. The summed E-state index contributed by atoms with van der Waals surface area (Å²) in [5.41, 5.74) is 1.87. The molecule has 1 aromatic carbocycles. The smallest absolute Gasteiger partial charge is 0.191 e. The Labute approximate surface area is 161 Å². The van der Waals surface area contributed by atoms with Gasteiger partial charge in [0, 0.05) is 17.4 Å². The van der Waals surface area contributed by atoms with Crippen molar-refractivity contribution in [3.63, 3.8) is 0 Å². The number of aromatic nitrogens is 3. The molecule has 1 aliphatic rings. The molecule has 0 bridgehead atoms. The normalized spacial score (nSPS) is 16.4. The molecule has 1 aliphatic carbocycles. The Kier molecular flexibility index (Phi) is 5.50. The summed E-state index contributed by atoms with van der Waals surface area (Å²) in [5, 5.41) is 20.0. The second-order valence-corrected chi connectivity index (χ2v) is 9.99. The molecule has 0 spiro atoms. The molecule has 3 rings (SSSR count). The number of nitrogens with zero attached hydrogens (tertiary/aromatic N) is 3. The second kappa shape index (κ2) is 7.35. The predicted molar refractivity (Wildman–Crippen MR) is 109 cm³/mol. The van der Waals surface area contributed by atoms with E-state index in [0.717, 1.165) is 16.5 Å². The fourth-order valence-electron chi connectivity index (χ4n) is 3.42. The van der Waals surface area contributed by atoms with Crippen molar-refractivity contribution >= 4 is 11.8 Å². The molecule has 2 aromatic rings. The van der Waals surface area contributed by atoms with Crippen LogP contribution >= 0.6 is 11.8 Å². The van der Waals surface area contributed by atoms with Crippen LogP contribution in [0.15, 0.2) is 29.4 Å². The lowest BCUT2D eigenvalue weighted by Gasteiger charge is -2.21. The zero-order valence-electron chi connectivity index (χ0n) is 16.6. The van der Waals surface area contributed by atoms with Crippen molar-refractivity contribution in [3.05, 3.63) is 29.8 Å². The van der Waals surface area contributed by atoms with Crippen molar-refractivity contribution in [2.75, 3.05) is 5.75 Å². The minimum Gasteiger partial charge on any atom is -0.390 e. The standard InChI is InChI=1S/C21H31N3OS/c1-20(2,3)16-12-10-15(11-13-16)18-22-23-19(26-14-21(4,5)25)24(18)17-8-6-7-9-17/h10-13,17,25H,6-9,14H2,1-5H3. The Balaban J connectivity index is 1.94. The van der Waals surface area contributed by atoms with E-state index in [1.54, 1.807) is 11.8 Å². The number of rotatable bonds is 5. The molecule has 1 aromatic heterocycles. The molecule has 0 aliphatic heterocycles. The quantitative estimate of drug-likeness (QED) is 0.730. The van der Waals surface area contributed by atoms with Crippen LogP contribution in [0.25, 0.3) is 11.4 Å². The summed E-state index contributed by atoms with van der Waals surface area (Å²) < 4.78 is 2.31. The molecule has 4 nitrogen and oxygen atoms in total. The first-order valence-corrected chi connectivity index (χ1v) is 10.5. The highest BCUT2D eigenvalue weighted by atomic mass is 32.2. The summed E-state index contributed by atoms with van der Waals surface area (Å²) >= 11 is 1.60. The van der Waals surface area contributed by atoms with Gasteiger partial charge in [0.2, 0.25) is 0 Å². The van der Waals surface area contributed by atoms with Crippen molar-refractivity contribution in [1.29, 1.82) is 0 Å². The molecule has 1 saturated carbocycles. The van der Waals surface area contributed by atoms with Gasteiger partial charge in [0.1, 0.15) is 0 Å². The van der Waals surface area contributed by atoms with Crippen LogP contribution in [-0.2, 0) is 5.41 Å². The Morgan fingerprint density at radius 3 is 2.19 bits per heavy atom. The van der Waals surface area contributed by atoms with Crippen LogP contribution in [0.5, 0.6) is 0 Å². The van der Waals surface area contributed by atoms with Crippen molar-refractivity contribution < 1.29 is 5.11 Å². The summed E-state index contributed by atoms with van der Waals surface area (Å²) in [6.45, 7) is 10.4. The van der Waals surface area contributed by atoms with E-state index in [4.69, 9.17) is 0 Å². The van der Waals surface area contributed by atoms with Gasteiger partial charge in [-0.25, -0.2) is 0 Å². The maximum Gasteiger partial charge on any atom is 0.191 e. The number of benzene rings is 1. The van der Waals surface area contributed by atoms with Crippen molar-refractivity contribution in [3.8, 4) is 11.4 Å². The molecule has 0 atom stereocenters. The fraction of sp³-hybridized carbons (Fsp3) is 0.619. The lowest BCUT2D eigenvalue weighted by Crippen LogP contribution is -2.22. The van der Waals surface area contributed by atoms with Gasteiger partial charge in [-0.3, -0.25) is 4.57 Å². The molecule has 0 unspecified atom stereocenters. The van der Waals surface area contributed by atoms with Crippen molar-refractivity contribution in [2.24, 2.45) is 0 Å². The van der Waals surface area contributed by atoms with Gasteiger partial charge >= 0.3 is 0 Å². The van der Waals surface area contributed by atoms with Gasteiger partial charge < -0.3 is 5.11 Å². The third-order valence-corrected chi connectivity index (χ3v) is 6.31. The molecule has 5 heteroatoms. The van der Waals surface area contributed by atoms with E-state index in [1.807, 2.05) is 13.8 Å². The van der Waals surface area contributed by atoms with Crippen LogP contribution in [0.4, 0.5) is 0 Å². The third-order valence-electron chi connectivity index (χ3n) is 4.92. The molecular formula is C21H31N3OS. The van der Waals surface area contributed by atoms with Gasteiger partial charge in [-0.05, 0) is 37.7 Å². The number of hydrogen-bond donors (Lipinski definition) is 1. The Morgan fingerprint density at radius 1 is 1.04 bits per heavy atom. The lowest BCUT2D eigenvalue weighted by molar-refractivity contribution is 0.107. The topological polar surface area (TPSA) is 50.9 Å². The summed E-state index contributed by atoms with van der Waals surface area (Å²) in [7, 11) is 0. The first-order valence-electron chi connectivity index (χ1n) is 9.56. The average molecular weight is 374 g/mol. The summed E-state index contributed by atoms with van der Waals surface area (Å²) in [4.78, 5) is 0. The Bertz CT molecular complexity index is 732. The highest BCUT2D eigenvalue weighted by molar-refractivity contribution is 7.99. The van der Waals surface area contributed by atoms with Crippen LogP contribution < -0.4 is 0 Å². The zero-order valence-corrected chi connectivity index (χ0v) is 17.4. The summed E-state index contributed by atoms with van der Waals surface area (Å²) in [5.74, 6) is 1.57. The van der Waals surface area contributed by atoms with E-state index in [9.17, 15) is 5.11 Å². The minimum absolute atomic E-state index is 0.144. The third kappa shape index (κ3) is 4.49. The molecule has 0 radical (unpaired) electrons. The maximum atomic E-state index is 10.1. The van der Waals surface area contributed by atoms with Gasteiger partial charge in [-0.1, -0.05) is 69.6 Å². The molecule has 1 heterocycles. The van der Waals surface area contributed by atoms with Gasteiger partial charge in [0.05, 0.1) is 5.60 Å². The van der Waals surface area contributed by atoms with Crippen LogP contribution in [0, 0.1) is 0 Å². The lowest BCUT2D eigenvalue weighted by atomic mass is 9.86.